The van der Waals surface area contributed by atoms with Gasteiger partial charge in [0.05, 0.1) is 0 Å². The maximum atomic E-state index is 12.8. The van der Waals surface area contributed by atoms with Gasteiger partial charge in [-0.3, -0.25) is 14.7 Å². The van der Waals surface area contributed by atoms with Gasteiger partial charge in [0.1, 0.15) is 0 Å². The zero-order chi connectivity index (χ0) is 23.9. The molecule has 1 fully saturated rings. The smallest absolute Gasteiger partial charge is 0.253 e. The number of pyridine rings is 1. The fraction of sp³-hybridized carbons (Fsp3) is 0.310. The second-order valence-corrected chi connectivity index (χ2v) is 8.76. The molecule has 1 aromatic heterocycles. The second kappa shape index (κ2) is 11.1. The van der Waals surface area contributed by atoms with E-state index in [0.717, 1.165) is 54.9 Å². The van der Waals surface area contributed by atoms with Crippen LogP contribution in [0.15, 0.2) is 78.6 Å². The molecule has 0 unspecified atom stereocenters. The van der Waals surface area contributed by atoms with Gasteiger partial charge < -0.3 is 10.6 Å². The Kier molecular flexibility index (Phi) is 7.76. The summed E-state index contributed by atoms with van der Waals surface area (Å²) in [6.45, 7) is 8.36. The lowest BCUT2D eigenvalue weighted by molar-refractivity contribution is 0.0773. The van der Waals surface area contributed by atoms with Crippen molar-refractivity contribution in [3.05, 3.63) is 101 Å². The molecule has 0 radical (unpaired) electrons. The third-order valence-corrected chi connectivity index (χ3v) is 6.64. The summed E-state index contributed by atoms with van der Waals surface area (Å²) in [4.78, 5) is 21.4. The van der Waals surface area contributed by atoms with Crippen molar-refractivity contribution in [2.24, 2.45) is 0 Å². The van der Waals surface area contributed by atoms with E-state index in [0.29, 0.717) is 13.1 Å². The van der Waals surface area contributed by atoms with Gasteiger partial charge in [-0.1, -0.05) is 42.0 Å². The number of hydrogen-bond donors (Lipinski definition) is 1. The predicted octanol–water partition coefficient (Wildman–Crippen LogP) is 5.24. The van der Waals surface area contributed by atoms with Crippen LogP contribution in [0.2, 0.25) is 0 Å². The average Bonchev–Trinajstić information content (AvgIpc) is 2.88. The largest absolute Gasteiger partial charge is 0.398 e. The Morgan fingerprint density at radius 3 is 2.24 bits per heavy atom. The van der Waals surface area contributed by atoms with Crippen LogP contribution in [0.1, 0.15) is 53.7 Å². The van der Waals surface area contributed by atoms with Gasteiger partial charge in [-0.2, -0.15) is 0 Å². The molecule has 1 amide bonds. The van der Waals surface area contributed by atoms with E-state index in [9.17, 15) is 4.79 Å². The van der Waals surface area contributed by atoms with Gasteiger partial charge in [-0.15, -0.1) is 0 Å². The summed E-state index contributed by atoms with van der Waals surface area (Å²) in [6, 6.07) is 20.3. The molecule has 0 atom stereocenters. The fourth-order valence-corrected chi connectivity index (χ4v) is 4.73. The third-order valence-electron chi connectivity index (χ3n) is 6.64. The van der Waals surface area contributed by atoms with E-state index >= 15 is 0 Å². The van der Waals surface area contributed by atoms with Crippen molar-refractivity contribution in [2.75, 3.05) is 31.9 Å². The number of nitrogen functional groups attached to an aromatic ring is 1. The number of hydrogen-bond acceptors (Lipinski definition) is 4. The Hall–Kier alpha value is -3.44. The second-order valence-electron chi connectivity index (χ2n) is 8.76. The van der Waals surface area contributed by atoms with Gasteiger partial charge in [-0.05, 0) is 67.7 Å². The number of anilines is 1. The van der Waals surface area contributed by atoms with Crippen molar-refractivity contribution < 1.29 is 4.79 Å². The number of aromatic nitrogens is 1. The number of carbonyl (C=O) groups is 1. The average molecular weight is 455 g/mol. The van der Waals surface area contributed by atoms with Crippen LogP contribution in [0, 0.1) is 0 Å². The molecule has 0 bridgehead atoms. The predicted molar refractivity (Wildman–Crippen MR) is 139 cm³/mol. The van der Waals surface area contributed by atoms with Crippen molar-refractivity contribution in [1.82, 2.24) is 14.8 Å². The summed E-state index contributed by atoms with van der Waals surface area (Å²) in [6.07, 6.45) is 5.74. The zero-order valence-corrected chi connectivity index (χ0v) is 20.2. The van der Waals surface area contributed by atoms with E-state index in [4.69, 9.17) is 5.73 Å². The molecule has 1 aliphatic heterocycles. The molecule has 3 aromatic rings. The summed E-state index contributed by atoms with van der Waals surface area (Å²) in [5, 5.41) is 0. The molecule has 2 N–H and O–H groups in total. The molecule has 2 aromatic carbocycles. The Balaban J connectivity index is 1.62. The number of nitrogens with zero attached hydrogens (tertiary/aromatic N) is 3. The molecule has 0 spiro atoms. The number of piperidine rings is 1. The van der Waals surface area contributed by atoms with Gasteiger partial charge in [-0.25, -0.2) is 0 Å². The van der Waals surface area contributed by atoms with Crippen LogP contribution in [0.5, 0.6) is 0 Å². The first kappa shape index (κ1) is 23.7. The van der Waals surface area contributed by atoms with Crippen LogP contribution in [-0.2, 0) is 6.54 Å². The van der Waals surface area contributed by atoms with E-state index in [2.05, 4.69) is 34.1 Å². The van der Waals surface area contributed by atoms with E-state index in [1.807, 2.05) is 67.5 Å². The number of rotatable bonds is 7. The molecule has 34 heavy (non-hydrogen) atoms. The van der Waals surface area contributed by atoms with E-state index < -0.39 is 0 Å². The first-order chi connectivity index (χ1) is 16.6. The van der Waals surface area contributed by atoms with Crippen LogP contribution in [0.4, 0.5) is 5.69 Å². The normalized spacial score (nSPS) is 14.1. The van der Waals surface area contributed by atoms with Crippen LogP contribution in [0.3, 0.4) is 0 Å². The van der Waals surface area contributed by atoms with Crippen molar-refractivity contribution in [2.45, 2.75) is 33.2 Å². The first-order valence-electron chi connectivity index (χ1n) is 12.2. The molecule has 176 valence electrons. The molecule has 4 rings (SSSR count). The first-order valence-corrected chi connectivity index (χ1v) is 12.2. The molecule has 0 aliphatic carbocycles. The zero-order valence-electron chi connectivity index (χ0n) is 20.2. The lowest BCUT2D eigenvalue weighted by atomic mass is 9.87. The monoisotopic (exact) mass is 454 g/mol. The Morgan fingerprint density at radius 2 is 1.62 bits per heavy atom. The number of benzene rings is 2. The maximum Gasteiger partial charge on any atom is 0.253 e. The highest BCUT2D eigenvalue weighted by molar-refractivity contribution is 5.95. The molecule has 1 saturated heterocycles. The van der Waals surface area contributed by atoms with Gasteiger partial charge in [0, 0.05) is 61.9 Å². The molecule has 0 saturated carbocycles. The van der Waals surface area contributed by atoms with Crippen LogP contribution in [-0.4, -0.2) is 46.9 Å². The number of carbonyl (C=O) groups excluding carboxylic acids is 1. The lowest BCUT2D eigenvalue weighted by Gasteiger charge is -2.30. The Morgan fingerprint density at radius 1 is 0.941 bits per heavy atom. The standard InChI is InChI=1S/C29H34N4O/c1-3-33(4-2)29(34)25-13-11-23(12-14-25)28(26-9-5-6-10-27(26)30)24-15-18-32(19-16-24)21-22-8-7-17-31-20-22/h5-14,17,20H,3-4,15-16,18-19,21,30H2,1-2H3. The molecule has 1 aliphatic rings. The molecule has 5 heteroatoms. The molecular formula is C29H34N4O. The van der Waals surface area contributed by atoms with Gasteiger partial charge in [0.15, 0.2) is 0 Å². The van der Waals surface area contributed by atoms with Crippen LogP contribution in [0.25, 0.3) is 5.57 Å². The highest BCUT2D eigenvalue weighted by Gasteiger charge is 2.21. The number of likely N-dealkylation sites (tertiary alicyclic amines) is 1. The maximum absolute atomic E-state index is 12.8. The van der Waals surface area contributed by atoms with Gasteiger partial charge >= 0.3 is 0 Å². The molecule has 5 nitrogen and oxygen atoms in total. The number of nitrogens with two attached hydrogens (primary N) is 1. The molecule has 2 heterocycles. The Bertz CT molecular complexity index is 1120. The molecular weight excluding hydrogens is 420 g/mol. The highest BCUT2D eigenvalue weighted by atomic mass is 16.2. The minimum atomic E-state index is 0.0775. The number of amides is 1. The van der Waals surface area contributed by atoms with Crippen LogP contribution >= 0.6 is 0 Å². The van der Waals surface area contributed by atoms with Crippen molar-refractivity contribution >= 4 is 17.2 Å². The van der Waals surface area contributed by atoms with Crippen LogP contribution < -0.4 is 5.73 Å². The summed E-state index contributed by atoms with van der Waals surface area (Å²) in [5.41, 5.74) is 14.0. The summed E-state index contributed by atoms with van der Waals surface area (Å²) in [5.74, 6) is 0.0775. The van der Waals surface area contributed by atoms with E-state index in [1.165, 1.54) is 16.7 Å². The minimum absolute atomic E-state index is 0.0775. The van der Waals surface area contributed by atoms with Gasteiger partial charge in [0.25, 0.3) is 5.91 Å². The van der Waals surface area contributed by atoms with Crippen molar-refractivity contribution in [3.63, 3.8) is 0 Å². The van der Waals surface area contributed by atoms with E-state index in [1.54, 1.807) is 0 Å². The SMILES string of the molecule is CCN(CC)C(=O)c1ccc(C(=C2CCN(Cc3cccnc3)CC2)c2ccccc2N)cc1. The fourth-order valence-electron chi connectivity index (χ4n) is 4.73. The minimum Gasteiger partial charge on any atom is -0.398 e. The van der Waals surface area contributed by atoms with Gasteiger partial charge in [0.2, 0.25) is 0 Å². The number of para-hydroxylation sites is 1. The van der Waals surface area contributed by atoms with Crippen molar-refractivity contribution in [1.29, 1.82) is 0 Å². The Labute approximate surface area is 202 Å². The lowest BCUT2D eigenvalue weighted by Crippen LogP contribution is -2.30. The third kappa shape index (κ3) is 5.37. The van der Waals surface area contributed by atoms with E-state index in [-0.39, 0.29) is 5.91 Å². The summed E-state index contributed by atoms with van der Waals surface area (Å²) >= 11 is 0. The summed E-state index contributed by atoms with van der Waals surface area (Å²) in [7, 11) is 0. The highest BCUT2D eigenvalue weighted by Crippen LogP contribution is 2.35. The van der Waals surface area contributed by atoms with Crippen molar-refractivity contribution in [3.8, 4) is 0 Å². The quantitative estimate of drug-likeness (QED) is 0.496. The topological polar surface area (TPSA) is 62.5 Å². The summed E-state index contributed by atoms with van der Waals surface area (Å²) < 4.78 is 0.